The second-order valence-corrected chi connectivity index (χ2v) is 10.2. The molecule has 30 heavy (non-hydrogen) atoms. The van der Waals surface area contributed by atoms with Crippen LogP contribution < -0.4 is 5.32 Å². The molecular formula is C21H34N6O2S. The lowest BCUT2D eigenvalue weighted by Gasteiger charge is -2.33. The molecule has 0 unspecified atom stereocenters. The van der Waals surface area contributed by atoms with Crippen LogP contribution in [0.25, 0.3) is 10.9 Å². The summed E-state index contributed by atoms with van der Waals surface area (Å²) in [5, 5.41) is 4.51. The first kappa shape index (κ1) is 22.9. The first-order valence-electron chi connectivity index (χ1n) is 10.7. The Morgan fingerprint density at radius 2 is 1.83 bits per heavy atom. The van der Waals surface area contributed by atoms with Gasteiger partial charge in [0, 0.05) is 38.1 Å². The van der Waals surface area contributed by atoms with E-state index in [9.17, 15) is 8.42 Å². The standard InChI is InChI=1S/C21H34N6O2S/c1-4-16-30(28,29)27-14-12-26(13-15-27)17-20-23-19-9-6-5-8-18(19)21(24-20)22-10-7-11-25(2)3/h5-6,8-9H,4,7,10-17H2,1-3H3,(H,22,23,24). The summed E-state index contributed by atoms with van der Waals surface area (Å²) in [5.41, 5.74) is 0.932. The van der Waals surface area contributed by atoms with Crippen LogP contribution in [0.3, 0.4) is 0 Å². The van der Waals surface area contributed by atoms with Gasteiger partial charge in [0.15, 0.2) is 0 Å². The highest BCUT2D eigenvalue weighted by molar-refractivity contribution is 7.89. The number of para-hydroxylation sites is 1. The van der Waals surface area contributed by atoms with E-state index in [-0.39, 0.29) is 5.75 Å². The number of aromatic nitrogens is 2. The van der Waals surface area contributed by atoms with E-state index >= 15 is 0 Å². The molecule has 1 aliphatic rings. The molecule has 1 aliphatic heterocycles. The van der Waals surface area contributed by atoms with E-state index in [1.54, 1.807) is 4.31 Å². The highest BCUT2D eigenvalue weighted by Crippen LogP contribution is 2.21. The smallest absolute Gasteiger partial charge is 0.214 e. The molecule has 0 aliphatic carbocycles. The maximum atomic E-state index is 12.3. The number of nitrogens with zero attached hydrogens (tertiary/aromatic N) is 5. The summed E-state index contributed by atoms with van der Waals surface area (Å²) in [6.45, 7) is 6.86. The molecule has 1 saturated heterocycles. The number of sulfonamides is 1. The van der Waals surface area contributed by atoms with Gasteiger partial charge in [-0.15, -0.1) is 0 Å². The normalized spacial score (nSPS) is 16.4. The number of piperazine rings is 1. The Morgan fingerprint density at radius 1 is 1.10 bits per heavy atom. The van der Waals surface area contributed by atoms with Crippen molar-refractivity contribution >= 4 is 26.7 Å². The number of hydrogen-bond acceptors (Lipinski definition) is 7. The van der Waals surface area contributed by atoms with E-state index in [4.69, 9.17) is 9.97 Å². The maximum absolute atomic E-state index is 12.3. The van der Waals surface area contributed by atoms with E-state index in [1.165, 1.54) is 0 Å². The molecule has 1 N–H and O–H groups in total. The molecule has 0 spiro atoms. The molecule has 1 aromatic heterocycles. The first-order chi connectivity index (χ1) is 14.4. The third-order valence-electron chi connectivity index (χ3n) is 5.28. The van der Waals surface area contributed by atoms with Gasteiger partial charge in [-0.3, -0.25) is 4.90 Å². The molecule has 8 nitrogen and oxygen atoms in total. The molecule has 0 bridgehead atoms. The maximum Gasteiger partial charge on any atom is 0.214 e. The summed E-state index contributed by atoms with van der Waals surface area (Å²) >= 11 is 0. The predicted molar refractivity (Wildman–Crippen MR) is 122 cm³/mol. The number of hydrogen-bond donors (Lipinski definition) is 1. The summed E-state index contributed by atoms with van der Waals surface area (Å²) in [6, 6.07) is 8.06. The summed E-state index contributed by atoms with van der Waals surface area (Å²) in [5.74, 6) is 1.87. The van der Waals surface area contributed by atoms with Crippen molar-refractivity contribution in [3.8, 4) is 0 Å². The topological polar surface area (TPSA) is 81.7 Å². The molecule has 1 fully saturated rings. The number of rotatable bonds is 10. The van der Waals surface area contributed by atoms with E-state index in [1.807, 2.05) is 31.2 Å². The molecular weight excluding hydrogens is 400 g/mol. The average molecular weight is 435 g/mol. The minimum atomic E-state index is -3.12. The summed E-state index contributed by atoms with van der Waals surface area (Å²) in [4.78, 5) is 14.0. The lowest BCUT2D eigenvalue weighted by Crippen LogP contribution is -2.48. The Bertz CT molecular complexity index is 926. The average Bonchev–Trinajstić information content (AvgIpc) is 2.71. The quantitative estimate of drug-likeness (QED) is 0.572. The SMILES string of the molecule is CCCS(=O)(=O)N1CCN(Cc2nc(NCCCN(C)C)c3ccccc3n2)CC1. The van der Waals surface area contributed by atoms with Gasteiger partial charge >= 0.3 is 0 Å². The van der Waals surface area contributed by atoms with Gasteiger partial charge in [-0.2, -0.15) is 4.31 Å². The van der Waals surface area contributed by atoms with Gasteiger partial charge in [0.05, 0.1) is 17.8 Å². The zero-order valence-corrected chi connectivity index (χ0v) is 19.2. The van der Waals surface area contributed by atoms with Gasteiger partial charge in [0.25, 0.3) is 0 Å². The molecule has 2 heterocycles. The second kappa shape index (κ2) is 10.5. The Labute approximate surface area is 180 Å². The van der Waals surface area contributed by atoms with Crippen LogP contribution in [0.15, 0.2) is 24.3 Å². The molecule has 0 amide bonds. The Balaban J connectivity index is 1.66. The molecule has 1 aromatic carbocycles. The van der Waals surface area contributed by atoms with Crippen molar-refractivity contribution in [2.75, 3.05) is 64.4 Å². The van der Waals surface area contributed by atoms with Gasteiger partial charge < -0.3 is 10.2 Å². The van der Waals surface area contributed by atoms with E-state index < -0.39 is 10.0 Å². The fourth-order valence-electron chi connectivity index (χ4n) is 3.69. The molecule has 3 rings (SSSR count). The highest BCUT2D eigenvalue weighted by Gasteiger charge is 2.26. The summed E-state index contributed by atoms with van der Waals surface area (Å²) < 4.78 is 26.2. The van der Waals surface area contributed by atoms with Gasteiger partial charge in [-0.05, 0) is 45.6 Å². The van der Waals surface area contributed by atoms with E-state index in [0.717, 1.165) is 42.1 Å². The van der Waals surface area contributed by atoms with Crippen LogP contribution in [-0.2, 0) is 16.6 Å². The van der Waals surface area contributed by atoms with Gasteiger partial charge in [-0.1, -0.05) is 19.1 Å². The first-order valence-corrected chi connectivity index (χ1v) is 12.3. The Kier molecular flexibility index (Phi) is 7.99. The number of nitrogens with one attached hydrogen (secondary N) is 1. The summed E-state index contributed by atoms with van der Waals surface area (Å²) in [6.07, 6.45) is 1.69. The number of benzene rings is 1. The number of anilines is 1. The molecule has 166 valence electrons. The van der Waals surface area contributed by atoms with Gasteiger partial charge in [0.2, 0.25) is 10.0 Å². The minimum absolute atomic E-state index is 0.226. The van der Waals surface area contributed by atoms with Crippen LogP contribution >= 0.6 is 0 Å². The molecule has 0 radical (unpaired) electrons. The van der Waals surface area contributed by atoms with Gasteiger partial charge in [0.1, 0.15) is 11.6 Å². The monoisotopic (exact) mass is 434 g/mol. The van der Waals surface area contributed by atoms with Crippen LogP contribution in [0.4, 0.5) is 5.82 Å². The molecule has 2 aromatic rings. The van der Waals surface area contributed by atoms with Crippen molar-refractivity contribution in [3.05, 3.63) is 30.1 Å². The Hall–Kier alpha value is -1.81. The molecule has 0 atom stereocenters. The third-order valence-corrected chi connectivity index (χ3v) is 7.35. The van der Waals surface area contributed by atoms with Crippen molar-refractivity contribution in [1.82, 2.24) is 24.1 Å². The van der Waals surface area contributed by atoms with Crippen LogP contribution in [-0.4, -0.2) is 91.6 Å². The van der Waals surface area contributed by atoms with Gasteiger partial charge in [-0.25, -0.2) is 18.4 Å². The van der Waals surface area contributed by atoms with Crippen LogP contribution in [0.5, 0.6) is 0 Å². The largest absolute Gasteiger partial charge is 0.369 e. The fraction of sp³-hybridized carbons (Fsp3) is 0.619. The van der Waals surface area contributed by atoms with E-state index in [2.05, 4.69) is 29.2 Å². The fourth-order valence-corrected chi connectivity index (χ4v) is 5.18. The van der Waals surface area contributed by atoms with Crippen LogP contribution in [0, 0.1) is 0 Å². The zero-order chi connectivity index (χ0) is 21.6. The van der Waals surface area contributed by atoms with Crippen LogP contribution in [0.2, 0.25) is 0 Å². The molecule has 0 saturated carbocycles. The van der Waals surface area contributed by atoms with Crippen molar-refractivity contribution in [1.29, 1.82) is 0 Å². The second-order valence-electron chi connectivity index (χ2n) is 8.08. The lowest BCUT2D eigenvalue weighted by atomic mass is 10.2. The van der Waals surface area contributed by atoms with Crippen molar-refractivity contribution in [3.63, 3.8) is 0 Å². The van der Waals surface area contributed by atoms with Crippen molar-refractivity contribution < 1.29 is 8.42 Å². The summed E-state index contributed by atoms with van der Waals surface area (Å²) in [7, 11) is 1.03. The van der Waals surface area contributed by atoms with E-state index in [0.29, 0.717) is 39.1 Å². The lowest BCUT2D eigenvalue weighted by molar-refractivity contribution is 0.178. The van der Waals surface area contributed by atoms with Crippen molar-refractivity contribution in [2.24, 2.45) is 0 Å². The minimum Gasteiger partial charge on any atom is -0.369 e. The third kappa shape index (κ3) is 6.10. The van der Waals surface area contributed by atoms with Crippen LogP contribution in [0.1, 0.15) is 25.6 Å². The predicted octanol–water partition coefficient (Wildman–Crippen LogP) is 1.85. The molecule has 9 heteroatoms. The Morgan fingerprint density at radius 3 is 2.53 bits per heavy atom. The van der Waals surface area contributed by atoms with Crippen molar-refractivity contribution in [2.45, 2.75) is 26.3 Å². The highest BCUT2D eigenvalue weighted by atomic mass is 32.2. The zero-order valence-electron chi connectivity index (χ0n) is 18.3. The number of fused-ring (bicyclic) bond motifs is 1.